The average Bonchev–Trinajstić information content (AvgIpc) is 2.62. The maximum absolute atomic E-state index is 12.7. The van der Waals surface area contributed by atoms with Crippen molar-refractivity contribution >= 4 is 36.4 Å². The molecular formula is C19H31Cl2N3O3. The third-order valence-electron chi connectivity index (χ3n) is 5.06. The molecule has 3 rings (SSSR count). The SMILES string of the molecule is COc1ccc(N2CCN(C(=O)CC3COCCN3)CC2(C)C)cc1.Cl.Cl. The second-order valence-corrected chi connectivity index (χ2v) is 7.41. The van der Waals surface area contributed by atoms with Crippen molar-refractivity contribution in [1.29, 1.82) is 0 Å². The first-order chi connectivity index (χ1) is 12.0. The summed E-state index contributed by atoms with van der Waals surface area (Å²) in [4.78, 5) is 17.0. The first kappa shape index (κ1) is 23.8. The van der Waals surface area contributed by atoms with Gasteiger partial charge in [-0.3, -0.25) is 4.79 Å². The van der Waals surface area contributed by atoms with Gasteiger partial charge in [0.1, 0.15) is 5.75 Å². The molecule has 1 aromatic carbocycles. The monoisotopic (exact) mass is 419 g/mol. The van der Waals surface area contributed by atoms with Crippen LogP contribution in [0, 0.1) is 0 Å². The first-order valence-corrected chi connectivity index (χ1v) is 9.00. The molecule has 1 N–H and O–H groups in total. The van der Waals surface area contributed by atoms with Crippen molar-refractivity contribution in [3.63, 3.8) is 0 Å². The summed E-state index contributed by atoms with van der Waals surface area (Å²) in [6, 6.07) is 8.28. The summed E-state index contributed by atoms with van der Waals surface area (Å²) in [6.07, 6.45) is 0.513. The molecule has 0 aromatic heterocycles. The number of methoxy groups -OCH3 is 1. The zero-order chi connectivity index (χ0) is 17.9. The molecule has 0 bridgehead atoms. The molecule has 0 saturated carbocycles. The molecule has 1 aromatic rings. The van der Waals surface area contributed by atoms with Gasteiger partial charge in [-0.1, -0.05) is 0 Å². The van der Waals surface area contributed by atoms with E-state index in [-0.39, 0.29) is 42.3 Å². The molecule has 6 nitrogen and oxygen atoms in total. The highest BCUT2D eigenvalue weighted by molar-refractivity contribution is 5.85. The van der Waals surface area contributed by atoms with Gasteiger partial charge >= 0.3 is 0 Å². The number of nitrogens with zero attached hydrogens (tertiary/aromatic N) is 2. The van der Waals surface area contributed by atoms with Crippen molar-refractivity contribution in [2.45, 2.75) is 31.8 Å². The van der Waals surface area contributed by atoms with Crippen LogP contribution < -0.4 is 15.0 Å². The van der Waals surface area contributed by atoms with E-state index in [1.165, 1.54) is 5.69 Å². The quantitative estimate of drug-likeness (QED) is 0.811. The molecule has 8 heteroatoms. The number of nitrogens with one attached hydrogen (secondary N) is 1. The highest BCUT2D eigenvalue weighted by atomic mass is 35.5. The van der Waals surface area contributed by atoms with Gasteiger partial charge in [0.2, 0.25) is 5.91 Å². The summed E-state index contributed by atoms with van der Waals surface area (Å²) < 4.78 is 10.7. The molecule has 1 atom stereocenters. The number of anilines is 1. The molecule has 2 saturated heterocycles. The van der Waals surface area contributed by atoms with Crippen LogP contribution in [0.5, 0.6) is 5.75 Å². The van der Waals surface area contributed by atoms with Gasteiger partial charge in [-0.05, 0) is 38.1 Å². The predicted molar refractivity (Wildman–Crippen MR) is 113 cm³/mol. The summed E-state index contributed by atoms with van der Waals surface area (Å²) in [6.45, 7) is 8.89. The van der Waals surface area contributed by atoms with Gasteiger partial charge in [-0.2, -0.15) is 0 Å². The number of benzene rings is 1. The Morgan fingerprint density at radius 3 is 2.52 bits per heavy atom. The Morgan fingerprint density at radius 2 is 1.96 bits per heavy atom. The van der Waals surface area contributed by atoms with E-state index in [1.54, 1.807) is 7.11 Å². The van der Waals surface area contributed by atoms with Crippen LogP contribution in [0.25, 0.3) is 0 Å². The number of morpholine rings is 1. The lowest BCUT2D eigenvalue weighted by Gasteiger charge is -2.48. The lowest BCUT2D eigenvalue weighted by molar-refractivity contribution is -0.134. The van der Waals surface area contributed by atoms with Crippen molar-refractivity contribution in [2.75, 3.05) is 51.4 Å². The molecule has 0 spiro atoms. The highest BCUT2D eigenvalue weighted by Gasteiger charge is 2.36. The molecule has 1 unspecified atom stereocenters. The summed E-state index contributed by atoms with van der Waals surface area (Å²) in [7, 11) is 1.68. The zero-order valence-electron chi connectivity index (χ0n) is 16.3. The molecule has 2 heterocycles. The Morgan fingerprint density at radius 1 is 1.26 bits per heavy atom. The number of carbonyl (C=O) groups is 1. The van der Waals surface area contributed by atoms with Gasteiger partial charge in [-0.15, -0.1) is 24.8 Å². The summed E-state index contributed by atoms with van der Waals surface area (Å²) in [5.74, 6) is 1.07. The van der Waals surface area contributed by atoms with Crippen LogP contribution in [-0.2, 0) is 9.53 Å². The topological polar surface area (TPSA) is 54.0 Å². The van der Waals surface area contributed by atoms with Gasteiger partial charge < -0.3 is 24.6 Å². The molecule has 2 aliphatic heterocycles. The van der Waals surface area contributed by atoms with E-state index in [1.807, 2.05) is 17.0 Å². The number of rotatable bonds is 4. The fraction of sp³-hybridized carbons (Fsp3) is 0.632. The standard InChI is InChI=1S/C19H29N3O3.2ClH/c1-19(2)14-21(18(23)12-15-13-25-11-8-20-15)9-10-22(19)16-4-6-17(24-3)7-5-16;;/h4-7,15,20H,8-14H2,1-3H3;2*1H. The summed E-state index contributed by atoms with van der Waals surface area (Å²) >= 11 is 0. The minimum atomic E-state index is -0.112. The summed E-state index contributed by atoms with van der Waals surface area (Å²) in [5, 5.41) is 3.36. The Hall–Kier alpha value is -1.21. The van der Waals surface area contributed by atoms with Gasteiger partial charge in [0.25, 0.3) is 0 Å². The van der Waals surface area contributed by atoms with E-state index in [0.717, 1.165) is 38.5 Å². The van der Waals surface area contributed by atoms with Gasteiger partial charge in [-0.25, -0.2) is 0 Å². The average molecular weight is 420 g/mol. The van der Waals surface area contributed by atoms with Crippen LogP contribution in [0.15, 0.2) is 24.3 Å². The third kappa shape index (κ3) is 5.88. The van der Waals surface area contributed by atoms with Crippen LogP contribution in [-0.4, -0.2) is 68.9 Å². The fourth-order valence-electron chi connectivity index (χ4n) is 3.70. The molecule has 0 radical (unpaired) electrons. The number of carbonyl (C=O) groups excluding carboxylic acids is 1. The number of hydrogen-bond acceptors (Lipinski definition) is 5. The van der Waals surface area contributed by atoms with E-state index < -0.39 is 0 Å². The Balaban J connectivity index is 0.00000182. The number of amides is 1. The van der Waals surface area contributed by atoms with Crippen LogP contribution in [0.3, 0.4) is 0 Å². The lowest BCUT2D eigenvalue weighted by atomic mass is 9.97. The van der Waals surface area contributed by atoms with E-state index >= 15 is 0 Å². The third-order valence-corrected chi connectivity index (χ3v) is 5.06. The van der Waals surface area contributed by atoms with Crippen LogP contribution in [0.2, 0.25) is 0 Å². The molecule has 2 fully saturated rings. The van der Waals surface area contributed by atoms with Crippen LogP contribution in [0.4, 0.5) is 5.69 Å². The number of ether oxygens (including phenoxy) is 2. The van der Waals surface area contributed by atoms with Crippen LogP contribution in [0.1, 0.15) is 20.3 Å². The molecule has 0 aliphatic carbocycles. The second kappa shape index (κ2) is 10.4. The van der Waals surface area contributed by atoms with Gasteiger partial charge in [0, 0.05) is 44.3 Å². The second-order valence-electron chi connectivity index (χ2n) is 7.41. The summed E-state index contributed by atoms with van der Waals surface area (Å²) in [5.41, 5.74) is 1.05. The van der Waals surface area contributed by atoms with Crippen molar-refractivity contribution in [3.05, 3.63) is 24.3 Å². The van der Waals surface area contributed by atoms with Crippen molar-refractivity contribution < 1.29 is 14.3 Å². The molecule has 1 amide bonds. The van der Waals surface area contributed by atoms with Crippen molar-refractivity contribution in [1.82, 2.24) is 10.2 Å². The maximum atomic E-state index is 12.7. The van der Waals surface area contributed by atoms with Crippen molar-refractivity contribution in [3.8, 4) is 5.75 Å². The van der Waals surface area contributed by atoms with Crippen LogP contribution >= 0.6 is 24.8 Å². The fourth-order valence-corrected chi connectivity index (χ4v) is 3.70. The van der Waals surface area contributed by atoms with E-state index in [9.17, 15) is 4.79 Å². The number of hydrogen-bond donors (Lipinski definition) is 1. The Labute approximate surface area is 174 Å². The zero-order valence-corrected chi connectivity index (χ0v) is 17.9. The Kier molecular flexibility index (Phi) is 9.15. The number of piperazine rings is 1. The van der Waals surface area contributed by atoms with Gasteiger partial charge in [0.15, 0.2) is 0 Å². The predicted octanol–water partition coefficient (Wildman–Crippen LogP) is 2.34. The van der Waals surface area contributed by atoms with E-state index in [0.29, 0.717) is 13.0 Å². The molecular weight excluding hydrogens is 389 g/mol. The lowest BCUT2D eigenvalue weighted by Crippen LogP contribution is -2.61. The minimum Gasteiger partial charge on any atom is -0.497 e. The normalized spacial score (nSPS) is 21.7. The van der Waals surface area contributed by atoms with E-state index in [4.69, 9.17) is 9.47 Å². The maximum Gasteiger partial charge on any atom is 0.224 e. The van der Waals surface area contributed by atoms with E-state index in [2.05, 4.69) is 36.2 Å². The molecule has 2 aliphatic rings. The largest absolute Gasteiger partial charge is 0.497 e. The highest BCUT2D eigenvalue weighted by Crippen LogP contribution is 2.29. The number of halogens is 2. The molecule has 154 valence electrons. The Bertz CT molecular complexity index is 592. The van der Waals surface area contributed by atoms with Gasteiger partial charge in [0.05, 0.1) is 25.9 Å². The molecule has 27 heavy (non-hydrogen) atoms. The minimum absolute atomic E-state index is 0. The smallest absolute Gasteiger partial charge is 0.224 e. The van der Waals surface area contributed by atoms with Crippen molar-refractivity contribution in [2.24, 2.45) is 0 Å². The first-order valence-electron chi connectivity index (χ1n) is 9.00.